The highest BCUT2D eigenvalue weighted by Crippen LogP contribution is 2.27. The molecule has 1 unspecified atom stereocenters. The summed E-state index contributed by atoms with van der Waals surface area (Å²) in [4.78, 5) is 15.1. The van der Waals surface area contributed by atoms with Crippen LogP contribution in [0.25, 0.3) is 5.69 Å². The number of carbonyl (C=O) groups excluding carboxylic acids is 1. The molecular weight excluding hydrogens is 422 g/mol. The number of aryl methyl sites for hydroxylation is 1. The van der Waals surface area contributed by atoms with Crippen LogP contribution in [0.2, 0.25) is 0 Å². The summed E-state index contributed by atoms with van der Waals surface area (Å²) in [5, 5.41) is 5.18. The molecule has 2 aromatic carbocycles. The Morgan fingerprint density at radius 1 is 0.938 bits per heavy atom. The van der Waals surface area contributed by atoms with Gasteiger partial charge in [0.2, 0.25) is 10.0 Å². The maximum absolute atomic E-state index is 13.3. The molecule has 6 nitrogen and oxygen atoms in total. The summed E-state index contributed by atoms with van der Waals surface area (Å²) >= 11 is 0. The van der Waals surface area contributed by atoms with Crippen LogP contribution in [0.1, 0.15) is 65.6 Å². The minimum Gasteiger partial charge on any atom is -0.335 e. The van der Waals surface area contributed by atoms with Gasteiger partial charge in [-0.25, -0.2) is 13.6 Å². The number of hydrogen-bond acceptors (Lipinski definition) is 3. The third-order valence-electron chi connectivity index (χ3n) is 6.07. The molecule has 0 saturated heterocycles. The van der Waals surface area contributed by atoms with Gasteiger partial charge < -0.3 is 9.47 Å². The molecule has 0 radical (unpaired) electrons. The van der Waals surface area contributed by atoms with Gasteiger partial charge in [-0.2, -0.15) is 0 Å². The second kappa shape index (κ2) is 8.92. The first-order valence-electron chi connectivity index (χ1n) is 10.6. The number of amides is 1. The molecule has 1 atom stereocenters. The van der Waals surface area contributed by atoms with E-state index >= 15 is 0 Å². The van der Waals surface area contributed by atoms with E-state index < -0.39 is 10.0 Å². The van der Waals surface area contributed by atoms with Gasteiger partial charge in [0, 0.05) is 24.1 Å². The molecule has 0 saturated carbocycles. The van der Waals surface area contributed by atoms with Crippen LogP contribution in [-0.4, -0.2) is 30.8 Å². The number of carbonyl (C=O) groups is 1. The number of nitrogens with two attached hydrogens (primary N) is 1. The lowest BCUT2D eigenvalue weighted by Gasteiger charge is -2.25. The van der Waals surface area contributed by atoms with E-state index in [0.29, 0.717) is 11.5 Å². The van der Waals surface area contributed by atoms with E-state index in [9.17, 15) is 13.2 Å². The van der Waals surface area contributed by atoms with Crippen LogP contribution in [0.5, 0.6) is 0 Å². The summed E-state index contributed by atoms with van der Waals surface area (Å²) in [5.74, 6) is 0.369. The fraction of sp³-hybridized carbons (Fsp3) is 0.320. The van der Waals surface area contributed by atoms with Crippen LogP contribution in [-0.2, 0) is 10.0 Å². The van der Waals surface area contributed by atoms with Crippen molar-refractivity contribution < 1.29 is 13.2 Å². The van der Waals surface area contributed by atoms with Gasteiger partial charge in [0.15, 0.2) is 0 Å². The van der Waals surface area contributed by atoms with Gasteiger partial charge in [0.1, 0.15) is 0 Å². The van der Waals surface area contributed by atoms with Gasteiger partial charge in [-0.05, 0) is 68.1 Å². The Morgan fingerprint density at radius 2 is 1.47 bits per heavy atom. The highest BCUT2D eigenvalue weighted by molar-refractivity contribution is 7.89. The molecule has 2 N–H and O–H groups in total. The summed E-state index contributed by atoms with van der Waals surface area (Å²) in [7, 11) is -2.00. The molecule has 0 aliphatic heterocycles. The number of benzene rings is 2. The van der Waals surface area contributed by atoms with Crippen LogP contribution in [0.4, 0.5) is 0 Å². The average Bonchev–Trinajstić information content (AvgIpc) is 3.05. The minimum atomic E-state index is -3.75. The second-order valence-corrected chi connectivity index (χ2v) is 10.1. The number of hydrogen-bond donors (Lipinski definition) is 1. The first-order chi connectivity index (χ1) is 14.9. The molecular formula is C25H31N3O3S. The zero-order chi connectivity index (χ0) is 23.8. The molecule has 170 valence electrons. The summed E-state index contributed by atoms with van der Waals surface area (Å²) in [6, 6.07) is 16.4. The Hall–Kier alpha value is -2.90. The van der Waals surface area contributed by atoms with Gasteiger partial charge >= 0.3 is 0 Å². The van der Waals surface area contributed by atoms with E-state index in [1.165, 1.54) is 17.7 Å². The molecule has 1 amide bonds. The maximum Gasteiger partial charge on any atom is 0.255 e. The normalized spacial score (nSPS) is 12.8. The highest BCUT2D eigenvalue weighted by Gasteiger charge is 2.24. The molecule has 1 heterocycles. The number of nitrogens with zero attached hydrogens (tertiary/aromatic N) is 2. The quantitative estimate of drug-likeness (QED) is 0.587. The van der Waals surface area contributed by atoms with Crippen LogP contribution in [0.3, 0.4) is 0 Å². The SMILES string of the molecule is Cc1cc(C(=O)N(C)C(C)c2ccc(S(N)(=O)=O)cc2)c(C)n1-c1ccc(C(C)C)cc1. The zero-order valence-corrected chi connectivity index (χ0v) is 20.3. The van der Waals surface area contributed by atoms with Crippen molar-refractivity contribution in [3.63, 3.8) is 0 Å². The van der Waals surface area contributed by atoms with Gasteiger partial charge in [-0.1, -0.05) is 38.1 Å². The molecule has 1 aromatic heterocycles. The monoisotopic (exact) mass is 453 g/mol. The third-order valence-corrected chi connectivity index (χ3v) is 7.00. The maximum atomic E-state index is 13.3. The van der Waals surface area contributed by atoms with E-state index in [2.05, 4.69) is 42.7 Å². The molecule has 0 spiro atoms. The van der Waals surface area contributed by atoms with Crippen molar-refractivity contribution in [3.05, 3.63) is 82.7 Å². The molecule has 7 heteroatoms. The summed E-state index contributed by atoms with van der Waals surface area (Å²) in [5.41, 5.74) is 5.64. The van der Waals surface area contributed by atoms with Crippen LogP contribution in [0, 0.1) is 13.8 Å². The van der Waals surface area contributed by atoms with Crippen molar-refractivity contribution in [1.82, 2.24) is 9.47 Å². The fourth-order valence-electron chi connectivity index (χ4n) is 3.91. The highest BCUT2D eigenvalue weighted by atomic mass is 32.2. The van der Waals surface area contributed by atoms with Crippen molar-refractivity contribution in [2.24, 2.45) is 5.14 Å². The minimum absolute atomic E-state index is 0.0504. The molecule has 0 bridgehead atoms. The fourth-order valence-corrected chi connectivity index (χ4v) is 4.43. The molecule has 3 aromatic rings. The van der Waals surface area contributed by atoms with Gasteiger partial charge in [0.25, 0.3) is 5.91 Å². The topological polar surface area (TPSA) is 85.4 Å². The molecule has 0 aliphatic carbocycles. The summed E-state index contributed by atoms with van der Waals surface area (Å²) < 4.78 is 25.1. The Labute approximate surface area is 190 Å². The van der Waals surface area contributed by atoms with E-state index in [4.69, 9.17) is 5.14 Å². The molecule has 0 fully saturated rings. The standard InChI is InChI=1S/C25H31N3O3S/c1-16(2)20-7-11-22(12-8-20)28-17(3)15-24(19(28)5)25(29)27(6)18(4)21-9-13-23(14-10-21)32(26,30)31/h7-16,18H,1-6H3,(H2,26,30,31). The van der Waals surface area contributed by atoms with E-state index in [-0.39, 0.29) is 16.8 Å². The Kier molecular flexibility index (Phi) is 6.62. The average molecular weight is 454 g/mol. The molecule has 32 heavy (non-hydrogen) atoms. The number of rotatable bonds is 6. The van der Waals surface area contributed by atoms with Crippen molar-refractivity contribution in [2.45, 2.75) is 51.5 Å². The zero-order valence-electron chi connectivity index (χ0n) is 19.5. The Balaban J connectivity index is 1.88. The van der Waals surface area contributed by atoms with Crippen LogP contribution < -0.4 is 5.14 Å². The van der Waals surface area contributed by atoms with E-state index in [0.717, 1.165) is 22.6 Å². The van der Waals surface area contributed by atoms with Gasteiger partial charge in [-0.15, -0.1) is 0 Å². The predicted octanol–water partition coefficient (Wildman–Crippen LogP) is 4.70. The van der Waals surface area contributed by atoms with Crippen LogP contribution >= 0.6 is 0 Å². The predicted molar refractivity (Wildman–Crippen MR) is 128 cm³/mol. The molecule has 3 rings (SSSR count). The first kappa shape index (κ1) is 23.8. The van der Waals surface area contributed by atoms with Crippen molar-refractivity contribution in [2.75, 3.05) is 7.05 Å². The van der Waals surface area contributed by atoms with Crippen LogP contribution in [0.15, 0.2) is 59.5 Å². The van der Waals surface area contributed by atoms with E-state index in [1.54, 1.807) is 24.1 Å². The van der Waals surface area contributed by atoms with Gasteiger partial charge in [0.05, 0.1) is 16.5 Å². The Morgan fingerprint density at radius 3 is 1.97 bits per heavy atom. The van der Waals surface area contributed by atoms with Crippen molar-refractivity contribution in [3.8, 4) is 5.69 Å². The van der Waals surface area contributed by atoms with Crippen molar-refractivity contribution in [1.29, 1.82) is 0 Å². The van der Waals surface area contributed by atoms with Gasteiger partial charge in [-0.3, -0.25) is 4.79 Å². The lowest BCUT2D eigenvalue weighted by Crippen LogP contribution is -2.30. The number of primary sulfonamides is 1. The molecule has 0 aliphatic rings. The number of aromatic nitrogens is 1. The second-order valence-electron chi connectivity index (χ2n) is 8.57. The lowest BCUT2D eigenvalue weighted by atomic mass is 10.0. The largest absolute Gasteiger partial charge is 0.335 e. The summed E-state index contributed by atoms with van der Waals surface area (Å²) in [6.07, 6.45) is 0. The first-order valence-corrected chi connectivity index (χ1v) is 12.2. The third kappa shape index (κ3) is 4.64. The van der Waals surface area contributed by atoms with E-state index in [1.807, 2.05) is 26.8 Å². The smallest absolute Gasteiger partial charge is 0.255 e. The summed E-state index contributed by atoms with van der Waals surface area (Å²) in [6.45, 7) is 10.2. The van der Waals surface area contributed by atoms with Crippen molar-refractivity contribution >= 4 is 15.9 Å². The number of sulfonamides is 1. The Bertz CT molecular complexity index is 1220. The lowest BCUT2D eigenvalue weighted by molar-refractivity contribution is 0.0742.